The maximum Gasteiger partial charge on any atom is 0.244 e. The quantitative estimate of drug-likeness (QED) is 0.908. The lowest BCUT2D eigenvalue weighted by Gasteiger charge is -2.34. The van der Waals surface area contributed by atoms with Gasteiger partial charge >= 0.3 is 0 Å². The lowest BCUT2D eigenvalue weighted by Crippen LogP contribution is -2.48. The highest BCUT2D eigenvalue weighted by Crippen LogP contribution is 2.26. The molecule has 1 aliphatic rings. The molecule has 0 amide bonds. The van der Waals surface area contributed by atoms with Crippen molar-refractivity contribution in [3.8, 4) is 6.07 Å². The molecule has 5 nitrogen and oxygen atoms in total. The summed E-state index contributed by atoms with van der Waals surface area (Å²) in [5.41, 5.74) is 0.210. The van der Waals surface area contributed by atoms with E-state index in [1.54, 1.807) is 22.5 Å². The highest BCUT2D eigenvalue weighted by atomic mass is 32.2. The van der Waals surface area contributed by atoms with E-state index in [0.29, 0.717) is 13.1 Å². The van der Waals surface area contributed by atoms with Gasteiger partial charge in [-0.2, -0.15) is 9.57 Å². The van der Waals surface area contributed by atoms with Crippen molar-refractivity contribution in [2.24, 2.45) is 0 Å². The summed E-state index contributed by atoms with van der Waals surface area (Å²) in [6.45, 7) is 1.16. The van der Waals surface area contributed by atoms with Crippen molar-refractivity contribution < 1.29 is 8.42 Å². The molecule has 1 aliphatic heterocycles. The molecule has 6 heteroatoms. The van der Waals surface area contributed by atoms with Crippen LogP contribution < -0.4 is 5.32 Å². The molecule has 1 saturated heterocycles. The molecule has 0 saturated carbocycles. The molecule has 1 fully saturated rings. The van der Waals surface area contributed by atoms with Crippen LogP contribution in [0.1, 0.15) is 24.8 Å². The number of likely N-dealkylation sites (N-methyl/N-ethyl adjacent to an activating group) is 1. The smallest absolute Gasteiger partial charge is 0.244 e. The fourth-order valence-corrected chi connectivity index (χ4v) is 4.48. The lowest BCUT2D eigenvalue weighted by atomic mass is 10.1. The summed E-state index contributed by atoms with van der Waals surface area (Å²) in [5.74, 6) is 0. The van der Waals surface area contributed by atoms with Crippen LogP contribution in [0.2, 0.25) is 0 Å². The Balaban J connectivity index is 2.40. The Morgan fingerprint density at radius 3 is 2.85 bits per heavy atom. The zero-order chi connectivity index (χ0) is 14.6. The predicted molar refractivity (Wildman–Crippen MR) is 76.6 cm³/mol. The van der Waals surface area contributed by atoms with Gasteiger partial charge in [-0.25, -0.2) is 8.42 Å². The van der Waals surface area contributed by atoms with E-state index in [1.807, 2.05) is 13.1 Å². The molecule has 0 aliphatic carbocycles. The number of benzene rings is 1. The molecular weight excluding hydrogens is 274 g/mol. The van der Waals surface area contributed by atoms with Crippen LogP contribution in [-0.4, -0.2) is 38.9 Å². The first-order valence-electron chi connectivity index (χ1n) is 6.77. The summed E-state index contributed by atoms with van der Waals surface area (Å²) in [7, 11) is -1.78. The second kappa shape index (κ2) is 6.35. The van der Waals surface area contributed by atoms with E-state index >= 15 is 0 Å². The van der Waals surface area contributed by atoms with Crippen LogP contribution in [0.5, 0.6) is 0 Å². The Bertz CT molecular complexity index is 605. The molecule has 0 spiro atoms. The second-order valence-corrected chi connectivity index (χ2v) is 6.79. The van der Waals surface area contributed by atoms with Gasteiger partial charge in [0.15, 0.2) is 0 Å². The van der Waals surface area contributed by atoms with Crippen molar-refractivity contribution in [2.75, 3.05) is 20.1 Å². The highest BCUT2D eigenvalue weighted by molar-refractivity contribution is 7.89. The number of nitrogens with one attached hydrogen (secondary N) is 1. The van der Waals surface area contributed by atoms with Gasteiger partial charge in [-0.05, 0) is 32.0 Å². The van der Waals surface area contributed by atoms with Gasteiger partial charge in [0, 0.05) is 19.1 Å². The molecule has 108 valence electrons. The Morgan fingerprint density at radius 2 is 2.15 bits per heavy atom. The van der Waals surface area contributed by atoms with E-state index in [-0.39, 0.29) is 16.5 Å². The minimum absolute atomic E-state index is 0.0366. The maximum atomic E-state index is 12.8. The molecule has 2 rings (SSSR count). The Labute approximate surface area is 120 Å². The standard InChI is InChI=1S/C14H19N3O2S/c1-16-11-13-7-4-5-9-17(13)20(18,19)14-8-3-2-6-12(14)10-15/h2-3,6,8,13,16H,4-5,7,9,11H2,1H3. The van der Waals surface area contributed by atoms with Crippen LogP contribution in [0.4, 0.5) is 0 Å². The molecule has 20 heavy (non-hydrogen) atoms. The Morgan fingerprint density at radius 1 is 1.40 bits per heavy atom. The molecule has 1 unspecified atom stereocenters. The van der Waals surface area contributed by atoms with E-state index in [9.17, 15) is 8.42 Å². The number of nitriles is 1. The van der Waals surface area contributed by atoms with Gasteiger partial charge in [-0.3, -0.25) is 0 Å². The molecule has 1 N–H and O–H groups in total. The molecule has 0 aromatic heterocycles. The summed E-state index contributed by atoms with van der Waals surface area (Å²) >= 11 is 0. The summed E-state index contributed by atoms with van der Waals surface area (Å²) in [6.07, 6.45) is 2.77. The Kier molecular flexibility index (Phi) is 4.76. The second-order valence-electron chi connectivity index (χ2n) is 4.93. The van der Waals surface area contributed by atoms with Crippen molar-refractivity contribution in [3.05, 3.63) is 29.8 Å². The van der Waals surface area contributed by atoms with E-state index in [2.05, 4.69) is 5.32 Å². The normalized spacial score (nSPS) is 20.5. The molecule has 1 aromatic rings. The van der Waals surface area contributed by atoms with Crippen LogP contribution in [-0.2, 0) is 10.0 Å². The SMILES string of the molecule is CNCC1CCCCN1S(=O)(=O)c1ccccc1C#N. The van der Waals surface area contributed by atoms with Crippen LogP contribution in [0, 0.1) is 11.3 Å². The Hall–Kier alpha value is -1.42. The average molecular weight is 293 g/mol. The third-order valence-electron chi connectivity index (χ3n) is 3.61. The fraction of sp³-hybridized carbons (Fsp3) is 0.500. The summed E-state index contributed by atoms with van der Waals surface area (Å²) in [6, 6.07) is 8.32. The first-order chi connectivity index (χ1) is 9.61. The molecular formula is C14H19N3O2S. The highest BCUT2D eigenvalue weighted by Gasteiger charge is 2.34. The third-order valence-corrected chi connectivity index (χ3v) is 5.62. The van der Waals surface area contributed by atoms with Gasteiger partial charge in [-0.1, -0.05) is 18.6 Å². The molecule has 1 atom stereocenters. The topological polar surface area (TPSA) is 73.2 Å². The zero-order valence-corrected chi connectivity index (χ0v) is 12.4. The third kappa shape index (κ3) is 2.85. The molecule has 1 aromatic carbocycles. The van der Waals surface area contributed by atoms with Crippen molar-refractivity contribution in [2.45, 2.75) is 30.2 Å². The van der Waals surface area contributed by atoms with E-state index in [1.165, 1.54) is 6.07 Å². The van der Waals surface area contributed by atoms with Crippen molar-refractivity contribution in [3.63, 3.8) is 0 Å². The van der Waals surface area contributed by atoms with Crippen LogP contribution in [0.3, 0.4) is 0 Å². The van der Waals surface area contributed by atoms with Crippen molar-refractivity contribution in [1.29, 1.82) is 5.26 Å². The van der Waals surface area contributed by atoms with Gasteiger partial charge in [-0.15, -0.1) is 0 Å². The van der Waals surface area contributed by atoms with Crippen LogP contribution >= 0.6 is 0 Å². The van der Waals surface area contributed by atoms with Gasteiger partial charge in [0.2, 0.25) is 10.0 Å². The molecule has 0 radical (unpaired) electrons. The number of piperidine rings is 1. The first kappa shape index (κ1) is 15.0. The van der Waals surface area contributed by atoms with Gasteiger partial charge in [0.1, 0.15) is 6.07 Å². The number of hydrogen-bond donors (Lipinski definition) is 1. The van der Waals surface area contributed by atoms with Crippen molar-refractivity contribution in [1.82, 2.24) is 9.62 Å². The predicted octanol–water partition coefficient (Wildman–Crippen LogP) is 1.32. The minimum Gasteiger partial charge on any atom is -0.318 e. The van der Waals surface area contributed by atoms with Crippen molar-refractivity contribution >= 4 is 10.0 Å². The summed E-state index contributed by atoms with van der Waals surface area (Å²) in [5, 5.41) is 12.2. The van der Waals surface area contributed by atoms with Gasteiger partial charge in [0.05, 0.1) is 10.5 Å². The molecule has 0 bridgehead atoms. The zero-order valence-electron chi connectivity index (χ0n) is 11.5. The van der Waals surface area contributed by atoms with Crippen LogP contribution in [0.15, 0.2) is 29.2 Å². The summed E-state index contributed by atoms with van der Waals surface area (Å²) < 4.78 is 27.1. The number of rotatable bonds is 4. The number of nitrogens with zero attached hydrogens (tertiary/aromatic N) is 2. The lowest BCUT2D eigenvalue weighted by molar-refractivity contribution is 0.249. The van der Waals surface area contributed by atoms with E-state index in [4.69, 9.17) is 5.26 Å². The van der Waals surface area contributed by atoms with Gasteiger partial charge < -0.3 is 5.32 Å². The first-order valence-corrected chi connectivity index (χ1v) is 8.21. The maximum absolute atomic E-state index is 12.8. The number of sulfonamides is 1. The average Bonchev–Trinajstić information content (AvgIpc) is 2.48. The van der Waals surface area contributed by atoms with E-state index < -0.39 is 10.0 Å². The van der Waals surface area contributed by atoms with Gasteiger partial charge in [0.25, 0.3) is 0 Å². The fourth-order valence-electron chi connectivity index (χ4n) is 2.64. The van der Waals surface area contributed by atoms with E-state index in [0.717, 1.165) is 19.3 Å². The number of hydrogen-bond acceptors (Lipinski definition) is 4. The molecule has 1 heterocycles. The summed E-state index contributed by atoms with van der Waals surface area (Å²) in [4.78, 5) is 0.116. The minimum atomic E-state index is -3.61. The van der Waals surface area contributed by atoms with Crippen LogP contribution in [0.25, 0.3) is 0 Å². The largest absolute Gasteiger partial charge is 0.318 e. The monoisotopic (exact) mass is 293 g/mol.